The number of nitrogens with zero attached hydrogens (tertiary/aromatic N) is 2. The monoisotopic (exact) mass is 322 g/mol. The average molecular weight is 322 g/mol. The lowest BCUT2D eigenvalue weighted by Gasteiger charge is -2.01. The highest BCUT2D eigenvalue weighted by molar-refractivity contribution is 14.1. The molecule has 1 aromatic carbocycles. The molecule has 0 unspecified atom stereocenters. The minimum absolute atomic E-state index is 0.0303. The standard InChI is InChI=1S/C8H4ClIN2O2/c9-6-4-8(12(13)14)7(10)3-5(6)1-2-11/h3-4H,1H2. The summed E-state index contributed by atoms with van der Waals surface area (Å²) in [4.78, 5) is 10.0. The van der Waals surface area contributed by atoms with Gasteiger partial charge in [-0.25, -0.2) is 0 Å². The zero-order valence-corrected chi connectivity index (χ0v) is 9.74. The molecule has 72 valence electrons. The Kier molecular flexibility index (Phi) is 3.66. The third kappa shape index (κ3) is 2.33. The molecule has 6 heteroatoms. The fourth-order valence-corrected chi connectivity index (χ4v) is 1.89. The molecule has 0 bridgehead atoms. The van der Waals surface area contributed by atoms with Crippen LogP contribution in [0.15, 0.2) is 12.1 Å². The third-order valence-corrected chi connectivity index (χ3v) is 2.80. The van der Waals surface area contributed by atoms with Crippen LogP contribution in [0.4, 0.5) is 5.69 Å². The second-order valence-electron chi connectivity index (χ2n) is 2.49. The molecule has 0 aromatic heterocycles. The Balaban J connectivity index is 3.25. The second-order valence-corrected chi connectivity index (χ2v) is 4.06. The SMILES string of the molecule is N#CCc1cc(I)c([N+](=O)[O-])cc1Cl. The number of halogens is 2. The molecule has 4 nitrogen and oxygen atoms in total. The molecule has 0 aliphatic heterocycles. The van der Waals surface area contributed by atoms with E-state index in [2.05, 4.69) is 0 Å². The molecule has 1 aromatic rings. The Bertz CT molecular complexity index is 428. The van der Waals surface area contributed by atoms with Crippen LogP contribution in [0.25, 0.3) is 0 Å². The van der Waals surface area contributed by atoms with Gasteiger partial charge in [0.05, 0.1) is 26.0 Å². The maximum absolute atomic E-state index is 10.5. The lowest BCUT2D eigenvalue weighted by Crippen LogP contribution is -1.94. The smallest absolute Gasteiger partial charge is 0.258 e. The van der Waals surface area contributed by atoms with Crippen molar-refractivity contribution in [3.63, 3.8) is 0 Å². The zero-order chi connectivity index (χ0) is 10.7. The zero-order valence-electron chi connectivity index (χ0n) is 6.83. The van der Waals surface area contributed by atoms with E-state index in [1.54, 1.807) is 6.07 Å². The minimum Gasteiger partial charge on any atom is -0.258 e. The summed E-state index contributed by atoms with van der Waals surface area (Å²) >= 11 is 7.61. The molecule has 0 radical (unpaired) electrons. The van der Waals surface area contributed by atoms with E-state index in [1.807, 2.05) is 28.7 Å². The van der Waals surface area contributed by atoms with Crippen molar-refractivity contribution in [2.75, 3.05) is 0 Å². The van der Waals surface area contributed by atoms with Crippen molar-refractivity contribution < 1.29 is 4.92 Å². The van der Waals surface area contributed by atoms with Gasteiger partial charge in [0.2, 0.25) is 0 Å². The number of nitriles is 1. The number of benzene rings is 1. The van der Waals surface area contributed by atoms with E-state index < -0.39 is 4.92 Å². The van der Waals surface area contributed by atoms with Crippen molar-refractivity contribution in [1.82, 2.24) is 0 Å². The summed E-state index contributed by atoms with van der Waals surface area (Å²) in [7, 11) is 0. The summed E-state index contributed by atoms with van der Waals surface area (Å²) in [6.45, 7) is 0. The van der Waals surface area contributed by atoms with Gasteiger partial charge >= 0.3 is 0 Å². The summed E-state index contributed by atoms with van der Waals surface area (Å²) in [5.74, 6) is 0. The lowest BCUT2D eigenvalue weighted by atomic mass is 10.1. The molecule has 0 heterocycles. The van der Waals surface area contributed by atoms with Crippen molar-refractivity contribution in [1.29, 1.82) is 5.26 Å². The van der Waals surface area contributed by atoms with Gasteiger partial charge in [-0.1, -0.05) is 11.6 Å². The number of hydrogen-bond donors (Lipinski definition) is 0. The number of nitro benzene ring substituents is 1. The van der Waals surface area contributed by atoms with Gasteiger partial charge in [-0.15, -0.1) is 0 Å². The van der Waals surface area contributed by atoms with Gasteiger partial charge in [0, 0.05) is 6.07 Å². The molecule has 0 amide bonds. The van der Waals surface area contributed by atoms with Crippen LogP contribution >= 0.6 is 34.2 Å². The largest absolute Gasteiger partial charge is 0.284 e. The van der Waals surface area contributed by atoms with Crippen LogP contribution in [0.2, 0.25) is 5.02 Å². The first-order valence-electron chi connectivity index (χ1n) is 3.55. The topological polar surface area (TPSA) is 66.9 Å². The summed E-state index contributed by atoms with van der Waals surface area (Å²) < 4.78 is 0.488. The van der Waals surface area contributed by atoms with E-state index >= 15 is 0 Å². The van der Waals surface area contributed by atoms with Gasteiger partial charge in [0.1, 0.15) is 0 Å². The van der Waals surface area contributed by atoms with Crippen LogP contribution in [0.3, 0.4) is 0 Å². The first kappa shape index (κ1) is 11.2. The molecular weight excluding hydrogens is 318 g/mol. The van der Waals surface area contributed by atoms with Crippen molar-refractivity contribution in [2.24, 2.45) is 0 Å². The van der Waals surface area contributed by atoms with Gasteiger partial charge in [0.25, 0.3) is 5.69 Å². The summed E-state index contributed by atoms with van der Waals surface area (Å²) in [6, 6.07) is 4.78. The van der Waals surface area contributed by atoms with Crippen LogP contribution in [0.1, 0.15) is 5.56 Å². The Labute approximate surface area is 98.8 Å². The van der Waals surface area contributed by atoms with Gasteiger partial charge < -0.3 is 0 Å². The third-order valence-electron chi connectivity index (χ3n) is 1.58. The van der Waals surface area contributed by atoms with Gasteiger partial charge in [-0.3, -0.25) is 10.1 Å². The first-order valence-corrected chi connectivity index (χ1v) is 5.01. The quantitative estimate of drug-likeness (QED) is 0.477. The minimum atomic E-state index is -0.496. The summed E-state index contributed by atoms with van der Waals surface area (Å²) in [5.41, 5.74) is 0.585. The molecule has 0 saturated carbocycles. The van der Waals surface area contributed by atoms with Crippen molar-refractivity contribution in [3.05, 3.63) is 36.4 Å². The molecule has 14 heavy (non-hydrogen) atoms. The fourth-order valence-electron chi connectivity index (χ4n) is 0.938. The second kappa shape index (κ2) is 4.57. The maximum Gasteiger partial charge on any atom is 0.284 e. The normalized spacial score (nSPS) is 9.50. The molecule has 0 aliphatic rings. The predicted octanol–water partition coefficient (Wildman–Crippen LogP) is 2.92. The van der Waals surface area contributed by atoms with Crippen LogP contribution < -0.4 is 0 Å². The van der Waals surface area contributed by atoms with Crippen LogP contribution in [-0.4, -0.2) is 4.92 Å². The molecule has 0 spiro atoms. The molecule has 0 atom stereocenters. The Morgan fingerprint density at radius 2 is 2.29 bits per heavy atom. The number of rotatable bonds is 2. The molecule has 1 rings (SSSR count). The molecule has 0 saturated heterocycles. The highest BCUT2D eigenvalue weighted by atomic mass is 127. The Morgan fingerprint density at radius 1 is 1.64 bits per heavy atom. The van der Waals surface area contributed by atoms with Crippen molar-refractivity contribution in [2.45, 2.75) is 6.42 Å². The fraction of sp³-hybridized carbons (Fsp3) is 0.125. The number of nitro groups is 1. The molecule has 0 aliphatic carbocycles. The van der Waals surface area contributed by atoms with E-state index in [0.29, 0.717) is 9.13 Å². The Hall–Kier alpha value is -0.870. The van der Waals surface area contributed by atoms with Crippen LogP contribution in [-0.2, 0) is 6.42 Å². The van der Waals surface area contributed by atoms with E-state index in [0.717, 1.165) is 0 Å². The van der Waals surface area contributed by atoms with Crippen molar-refractivity contribution >= 4 is 39.9 Å². The Morgan fingerprint density at radius 3 is 2.79 bits per heavy atom. The van der Waals surface area contributed by atoms with Crippen LogP contribution in [0, 0.1) is 25.0 Å². The average Bonchev–Trinajstić information content (AvgIpc) is 2.10. The van der Waals surface area contributed by atoms with E-state index in [-0.39, 0.29) is 17.1 Å². The van der Waals surface area contributed by atoms with E-state index in [1.165, 1.54) is 6.07 Å². The number of hydrogen-bond acceptors (Lipinski definition) is 3. The highest BCUT2D eigenvalue weighted by Gasteiger charge is 2.14. The molecule has 0 N–H and O–H groups in total. The predicted molar refractivity (Wildman–Crippen MR) is 60.1 cm³/mol. The first-order chi connectivity index (χ1) is 6.56. The van der Waals surface area contributed by atoms with Gasteiger partial charge in [0.15, 0.2) is 0 Å². The highest BCUT2D eigenvalue weighted by Crippen LogP contribution is 2.28. The van der Waals surface area contributed by atoms with E-state index in [9.17, 15) is 10.1 Å². The van der Waals surface area contributed by atoms with Crippen molar-refractivity contribution in [3.8, 4) is 6.07 Å². The van der Waals surface area contributed by atoms with Gasteiger partial charge in [-0.05, 0) is 34.2 Å². The van der Waals surface area contributed by atoms with Crippen LogP contribution in [0.5, 0.6) is 0 Å². The summed E-state index contributed by atoms with van der Waals surface area (Å²) in [5, 5.41) is 19.3. The lowest BCUT2D eigenvalue weighted by molar-refractivity contribution is -0.385. The maximum atomic E-state index is 10.5. The summed E-state index contributed by atoms with van der Waals surface area (Å²) in [6.07, 6.45) is 0.160. The molecule has 0 fully saturated rings. The van der Waals surface area contributed by atoms with E-state index in [4.69, 9.17) is 16.9 Å². The van der Waals surface area contributed by atoms with Gasteiger partial charge in [-0.2, -0.15) is 5.26 Å². The molecular formula is C8H4ClIN2O2.